The van der Waals surface area contributed by atoms with E-state index in [4.69, 9.17) is 21.1 Å². The highest BCUT2D eigenvalue weighted by atomic mass is 35.5. The van der Waals surface area contributed by atoms with Gasteiger partial charge >= 0.3 is 0 Å². The van der Waals surface area contributed by atoms with E-state index in [1.54, 1.807) is 0 Å². The van der Waals surface area contributed by atoms with Crippen LogP contribution in [0.15, 0.2) is 60.3 Å². The molecule has 0 spiro atoms. The monoisotopic (exact) mass is 535 g/mol. The second-order valence-corrected chi connectivity index (χ2v) is 11.4. The van der Waals surface area contributed by atoms with Crippen molar-refractivity contribution >= 4 is 34.0 Å². The lowest BCUT2D eigenvalue weighted by Crippen LogP contribution is -2.27. The highest BCUT2D eigenvalue weighted by molar-refractivity contribution is 7.15. The molecule has 1 aliphatic heterocycles. The first-order valence-electron chi connectivity index (χ1n) is 13.0. The number of anilines is 1. The van der Waals surface area contributed by atoms with Gasteiger partial charge in [0.25, 0.3) is 0 Å². The molecule has 2 aromatic carbocycles. The van der Waals surface area contributed by atoms with Crippen LogP contribution >= 0.6 is 22.9 Å². The highest BCUT2D eigenvalue weighted by Crippen LogP contribution is 2.51. The van der Waals surface area contributed by atoms with E-state index in [-0.39, 0.29) is 18.7 Å². The van der Waals surface area contributed by atoms with Crippen LogP contribution in [0.3, 0.4) is 0 Å². The number of hydrogen-bond donors (Lipinski definition) is 2. The number of nitrogens with zero attached hydrogens (tertiary/aromatic N) is 1. The van der Waals surface area contributed by atoms with Crippen LogP contribution in [0, 0.1) is 0 Å². The minimum atomic E-state index is -0.541. The Bertz CT molecular complexity index is 1330. The molecule has 0 radical (unpaired) electrons. The van der Waals surface area contributed by atoms with Gasteiger partial charge in [-0.2, -0.15) is 0 Å². The Labute approximate surface area is 226 Å². The molecule has 37 heavy (non-hydrogen) atoms. The molecule has 1 unspecified atom stereocenters. The van der Waals surface area contributed by atoms with Crippen LogP contribution in [0.1, 0.15) is 67.0 Å². The maximum Gasteiger partial charge on any atom is 0.236 e. The fourth-order valence-electron chi connectivity index (χ4n) is 5.24. The van der Waals surface area contributed by atoms with Gasteiger partial charge in [0.2, 0.25) is 12.7 Å². The second kappa shape index (κ2) is 10.5. The number of halogens is 1. The molecule has 6 nitrogen and oxygen atoms in total. The fourth-order valence-corrected chi connectivity index (χ4v) is 6.39. The minimum absolute atomic E-state index is 0.0289. The average Bonchev–Trinajstić information content (AvgIpc) is 3.38. The number of carbonyl (C=O) groups excluding carboxylic acids is 1. The van der Waals surface area contributed by atoms with E-state index in [1.165, 1.54) is 42.6 Å². The van der Waals surface area contributed by atoms with Gasteiger partial charge in [-0.15, -0.1) is 0 Å². The predicted octanol–water partition coefficient (Wildman–Crippen LogP) is 6.77. The first-order chi connectivity index (χ1) is 18.1. The molecule has 0 bridgehead atoms. The number of fused-ring (bicyclic) bond motifs is 1. The number of rotatable bonds is 9. The van der Waals surface area contributed by atoms with Crippen LogP contribution < -0.4 is 20.1 Å². The molecule has 2 aliphatic carbocycles. The van der Waals surface area contributed by atoms with E-state index in [0.717, 1.165) is 52.6 Å². The topological polar surface area (TPSA) is 72.5 Å². The van der Waals surface area contributed by atoms with Gasteiger partial charge in [0, 0.05) is 16.1 Å². The zero-order valence-electron chi connectivity index (χ0n) is 20.6. The number of amides is 1. The molecule has 1 saturated carbocycles. The van der Waals surface area contributed by atoms with Crippen molar-refractivity contribution in [3.63, 3.8) is 0 Å². The number of benzene rings is 2. The van der Waals surface area contributed by atoms with Gasteiger partial charge in [0.05, 0.1) is 11.5 Å². The third kappa shape index (κ3) is 5.13. The smallest absolute Gasteiger partial charge is 0.236 e. The number of carbonyl (C=O) groups is 1. The summed E-state index contributed by atoms with van der Waals surface area (Å²) < 4.78 is 11.0. The van der Waals surface area contributed by atoms with Crippen molar-refractivity contribution in [2.45, 2.75) is 56.4 Å². The summed E-state index contributed by atoms with van der Waals surface area (Å²) in [5.41, 5.74) is 2.97. The molecule has 1 aromatic heterocycles. The Morgan fingerprint density at radius 3 is 2.81 bits per heavy atom. The van der Waals surface area contributed by atoms with Crippen molar-refractivity contribution in [2.24, 2.45) is 0 Å². The van der Waals surface area contributed by atoms with E-state index < -0.39 is 5.41 Å². The van der Waals surface area contributed by atoms with Crippen LogP contribution in [-0.4, -0.2) is 24.2 Å². The second-order valence-electron chi connectivity index (χ2n) is 9.94. The Morgan fingerprint density at radius 2 is 2.00 bits per heavy atom. The lowest BCUT2D eigenvalue weighted by atomic mass is 9.94. The van der Waals surface area contributed by atoms with Crippen LogP contribution in [0.25, 0.3) is 0 Å². The molecule has 6 rings (SSSR count). The number of nitrogens with one attached hydrogen (secondary N) is 2. The maximum absolute atomic E-state index is 13.4. The molecule has 1 amide bonds. The molecule has 3 aliphatic rings. The lowest BCUT2D eigenvalue weighted by Gasteiger charge is -2.20. The van der Waals surface area contributed by atoms with E-state index in [2.05, 4.69) is 27.8 Å². The van der Waals surface area contributed by atoms with Crippen molar-refractivity contribution in [3.8, 4) is 11.5 Å². The summed E-state index contributed by atoms with van der Waals surface area (Å²) >= 11 is 8.10. The van der Waals surface area contributed by atoms with Gasteiger partial charge in [0.1, 0.15) is 0 Å². The number of aromatic nitrogens is 1. The first kappa shape index (κ1) is 24.5. The van der Waals surface area contributed by atoms with Gasteiger partial charge in [0.15, 0.2) is 16.6 Å². The summed E-state index contributed by atoms with van der Waals surface area (Å²) in [5.74, 6) is 1.40. The molecular formula is C29H30ClN3O3S. The zero-order chi connectivity index (χ0) is 25.2. The van der Waals surface area contributed by atoms with Gasteiger partial charge in [-0.3, -0.25) is 4.79 Å². The zero-order valence-corrected chi connectivity index (χ0v) is 22.2. The van der Waals surface area contributed by atoms with Crippen LogP contribution in [-0.2, 0) is 10.2 Å². The third-order valence-corrected chi connectivity index (χ3v) is 8.86. The Kier molecular flexibility index (Phi) is 6.93. The molecule has 2 N–H and O–H groups in total. The normalized spacial score (nSPS) is 18.2. The van der Waals surface area contributed by atoms with Crippen LogP contribution in [0.4, 0.5) is 5.13 Å². The maximum atomic E-state index is 13.4. The summed E-state index contributed by atoms with van der Waals surface area (Å²) in [7, 11) is 0. The first-order valence-corrected chi connectivity index (χ1v) is 14.1. The minimum Gasteiger partial charge on any atom is -0.454 e. The Balaban J connectivity index is 1.18. The van der Waals surface area contributed by atoms with Gasteiger partial charge < -0.3 is 20.1 Å². The Hall–Kier alpha value is -2.87. The van der Waals surface area contributed by atoms with Crippen LogP contribution in [0.2, 0.25) is 5.02 Å². The summed E-state index contributed by atoms with van der Waals surface area (Å²) in [6.45, 7) is 1.08. The van der Waals surface area contributed by atoms with E-state index in [0.29, 0.717) is 10.9 Å². The van der Waals surface area contributed by atoms with E-state index in [9.17, 15) is 4.79 Å². The van der Waals surface area contributed by atoms with Crippen molar-refractivity contribution < 1.29 is 14.3 Å². The number of allylic oxidation sites excluding steroid dienone is 1. The summed E-state index contributed by atoms with van der Waals surface area (Å²) in [6.07, 6.45) is 11.8. The third-order valence-electron chi connectivity index (χ3n) is 7.53. The summed E-state index contributed by atoms with van der Waals surface area (Å²) in [5, 5.41) is 8.11. The van der Waals surface area contributed by atoms with E-state index >= 15 is 0 Å². The fraction of sp³-hybridized carbons (Fsp3) is 0.379. The van der Waals surface area contributed by atoms with Gasteiger partial charge in [-0.05, 0) is 80.8 Å². The summed E-state index contributed by atoms with van der Waals surface area (Å²) in [6, 6.07) is 13.6. The van der Waals surface area contributed by atoms with Crippen molar-refractivity contribution in [3.05, 3.63) is 81.3 Å². The highest BCUT2D eigenvalue weighted by Gasteiger charge is 2.52. The quantitative estimate of drug-likeness (QED) is 0.296. The predicted molar refractivity (Wildman–Crippen MR) is 147 cm³/mol. The molecule has 192 valence electrons. The molecule has 1 fully saturated rings. The van der Waals surface area contributed by atoms with Gasteiger partial charge in [-0.1, -0.05) is 58.9 Å². The van der Waals surface area contributed by atoms with E-state index in [1.807, 2.05) is 42.6 Å². The number of ether oxygens (including phenoxy) is 2. The number of hydrogen-bond acceptors (Lipinski definition) is 6. The van der Waals surface area contributed by atoms with Crippen molar-refractivity contribution in [2.75, 3.05) is 18.7 Å². The van der Waals surface area contributed by atoms with Crippen LogP contribution in [0.5, 0.6) is 11.5 Å². The molecule has 2 heterocycles. The molecular weight excluding hydrogens is 506 g/mol. The molecule has 0 saturated heterocycles. The lowest BCUT2D eigenvalue weighted by molar-refractivity contribution is -0.118. The van der Waals surface area contributed by atoms with Gasteiger partial charge in [-0.25, -0.2) is 4.98 Å². The molecule has 3 aromatic rings. The largest absolute Gasteiger partial charge is 0.454 e. The average molecular weight is 536 g/mol. The number of thiazole rings is 1. The SMILES string of the molecule is O=C(Nc1ncc(C(NCCC2=CCCCC2)c2ccccc2Cl)s1)C1(c2ccc3c(c2)OCO3)CC1. The molecule has 1 atom stereocenters. The molecule has 8 heteroatoms. The Morgan fingerprint density at radius 1 is 1.14 bits per heavy atom. The standard InChI is InChI=1S/C29H30ClN3O3S/c30-22-9-5-4-8-21(22)26(31-15-12-19-6-2-1-3-7-19)25-17-32-28(37-25)33-27(34)29(13-14-29)20-10-11-23-24(16-20)36-18-35-23/h4-6,8-11,16-17,26,31H,1-3,7,12-15,18H2,(H,32,33,34). The van der Waals surface area contributed by atoms with Crippen molar-refractivity contribution in [1.29, 1.82) is 0 Å². The van der Waals surface area contributed by atoms with Crippen molar-refractivity contribution in [1.82, 2.24) is 10.3 Å². The summed E-state index contributed by atoms with van der Waals surface area (Å²) in [4.78, 5) is 19.0.